The molecule has 4 heterocycles. The monoisotopic (exact) mass is 947 g/mol. The lowest BCUT2D eigenvalue weighted by atomic mass is 9.61. The van der Waals surface area contributed by atoms with E-state index in [4.69, 9.17) is 9.97 Å². The lowest BCUT2D eigenvalue weighted by Crippen LogP contribution is -2.38. The Balaban J connectivity index is 0.997. The van der Waals surface area contributed by atoms with Gasteiger partial charge in [0.05, 0.1) is 44.0 Å². The summed E-state index contributed by atoms with van der Waals surface area (Å²) in [4.78, 5) is 12.9. The molecule has 1 spiro atoms. The van der Waals surface area contributed by atoms with Crippen molar-refractivity contribution in [3.63, 3.8) is 0 Å². The smallest absolute Gasteiger partial charge is 0.0937 e. The summed E-state index contributed by atoms with van der Waals surface area (Å²) in [6, 6.07) is 76.6. The average molecular weight is 948 g/mol. The van der Waals surface area contributed by atoms with Crippen molar-refractivity contribution in [3.05, 3.63) is 279 Å². The maximum Gasteiger partial charge on any atom is 0.0937 e. The van der Waals surface area contributed by atoms with E-state index in [0.717, 1.165) is 24.2 Å². The number of thiophene rings is 1. The number of nitrogens with zero attached hydrogens (tertiary/aromatic N) is 3. The summed E-state index contributed by atoms with van der Waals surface area (Å²) in [5.74, 6) is 0. The third kappa shape index (κ3) is 4.73. The summed E-state index contributed by atoms with van der Waals surface area (Å²) in [7, 11) is 0. The zero-order chi connectivity index (χ0) is 48.0. The molecule has 0 unspecified atom stereocenters. The van der Waals surface area contributed by atoms with Crippen LogP contribution in [0.15, 0.2) is 213 Å². The van der Waals surface area contributed by atoms with Gasteiger partial charge in [-0.3, -0.25) is 9.97 Å². The van der Waals surface area contributed by atoms with Gasteiger partial charge in [-0.15, -0.1) is 11.3 Å². The SMILES string of the molecule is CC1(C)c2ccccc2-c2cc3c(cc21)N(c1cccc2c1sc1c4c(ccc12)C1(c2cccnc2-c2ncccc21)c1ccc2c5c(ccc-4c15)CC2)c1ccccc1C3(c1ccccc1)c1ccccc1. The molecular weight excluding hydrogens is 903 g/mol. The first-order valence-electron chi connectivity index (χ1n) is 25.8. The van der Waals surface area contributed by atoms with E-state index < -0.39 is 10.8 Å². The minimum absolute atomic E-state index is 0.203. The van der Waals surface area contributed by atoms with Crippen LogP contribution in [0.4, 0.5) is 17.1 Å². The second-order valence-electron chi connectivity index (χ2n) is 21.4. The summed E-state index contributed by atoms with van der Waals surface area (Å²) >= 11 is 1.97. The number of pyridine rings is 2. The van der Waals surface area contributed by atoms with Crippen LogP contribution in [0.1, 0.15) is 80.6 Å². The van der Waals surface area contributed by atoms with Crippen molar-refractivity contribution in [2.75, 3.05) is 4.90 Å². The van der Waals surface area contributed by atoms with Crippen LogP contribution in [-0.4, -0.2) is 9.97 Å². The fourth-order valence-electron chi connectivity index (χ4n) is 15.0. The molecule has 4 heteroatoms. The number of fused-ring (bicyclic) bond motifs is 18. The predicted octanol–water partition coefficient (Wildman–Crippen LogP) is 16.9. The molecule has 1 aliphatic heterocycles. The Hall–Kier alpha value is -8.44. The van der Waals surface area contributed by atoms with Gasteiger partial charge in [-0.05, 0) is 143 Å². The first-order chi connectivity index (χ1) is 36.0. The van der Waals surface area contributed by atoms with Crippen molar-refractivity contribution in [2.24, 2.45) is 0 Å². The molecule has 3 nitrogen and oxygen atoms in total. The number of aryl methyl sites for hydroxylation is 2. The van der Waals surface area contributed by atoms with Crippen LogP contribution < -0.4 is 4.90 Å². The third-order valence-electron chi connectivity index (χ3n) is 17.9. The molecule has 0 N–H and O–H groups in total. The van der Waals surface area contributed by atoms with E-state index in [9.17, 15) is 0 Å². The predicted molar refractivity (Wildman–Crippen MR) is 300 cm³/mol. The maximum absolute atomic E-state index is 5.11. The number of hydrogen-bond acceptors (Lipinski definition) is 4. The number of rotatable bonds is 3. The van der Waals surface area contributed by atoms with Crippen molar-refractivity contribution in [2.45, 2.75) is 42.9 Å². The van der Waals surface area contributed by atoms with E-state index in [0.29, 0.717) is 0 Å². The van der Waals surface area contributed by atoms with Gasteiger partial charge in [0.1, 0.15) is 0 Å². The second kappa shape index (κ2) is 13.9. The highest BCUT2D eigenvalue weighted by molar-refractivity contribution is 7.27. The fraction of sp³-hybridized carbons (Fsp3) is 0.101. The molecule has 342 valence electrons. The molecule has 0 bridgehead atoms. The summed E-state index contributed by atoms with van der Waals surface area (Å²) in [6.07, 6.45) is 6.02. The van der Waals surface area contributed by atoms with Crippen LogP contribution in [0, 0.1) is 0 Å². The van der Waals surface area contributed by atoms with Crippen LogP contribution in [0.25, 0.3) is 64.6 Å². The van der Waals surface area contributed by atoms with Gasteiger partial charge < -0.3 is 4.90 Å². The van der Waals surface area contributed by atoms with Gasteiger partial charge in [0.15, 0.2) is 0 Å². The Morgan fingerprint density at radius 2 is 1.01 bits per heavy atom. The highest BCUT2D eigenvalue weighted by atomic mass is 32.1. The van der Waals surface area contributed by atoms with Crippen molar-refractivity contribution in [1.82, 2.24) is 9.97 Å². The van der Waals surface area contributed by atoms with Gasteiger partial charge in [0.2, 0.25) is 0 Å². The van der Waals surface area contributed by atoms with E-state index >= 15 is 0 Å². The fourth-order valence-corrected chi connectivity index (χ4v) is 16.4. The first-order valence-corrected chi connectivity index (χ1v) is 26.6. The number of para-hydroxylation sites is 1. The standard InChI is InChI=1S/C69H45N3S/c1-67(2)49-22-10-9-20-44(49)48-38-56-59(39-55(48)67)72(57-26-12-11-23-50(57)68(56,42-16-5-3-6-17-42)43-18-7-4-8-19-43)58-27-13-21-45-46-33-35-52-62(66(46)73-65(45)58)47-32-30-40-28-29-41-31-34-51(61(47)60(40)41)69(52)53-24-14-36-70-63(53)64-54(69)25-15-37-71-64/h3-27,30-39H,28-29H2,1-2H3. The van der Waals surface area contributed by atoms with E-state index in [1.807, 2.05) is 23.7 Å². The van der Waals surface area contributed by atoms with Gasteiger partial charge in [-0.25, -0.2) is 0 Å². The largest absolute Gasteiger partial charge is 0.308 e. The molecule has 17 rings (SSSR count). The summed E-state index contributed by atoms with van der Waals surface area (Å²) in [5, 5.41) is 5.40. The maximum atomic E-state index is 5.11. The molecule has 0 saturated carbocycles. The molecule has 4 aliphatic carbocycles. The molecule has 12 aromatic rings. The van der Waals surface area contributed by atoms with Crippen LogP contribution in [0.5, 0.6) is 0 Å². The van der Waals surface area contributed by atoms with E-state index in [2.05, 4.69) is 219 Å². The zero-order valence-electron chi connectivity index (χ0n) is 40.4. The molecule has 0 radical (unpaired) electrons. The van der Waals surface area contributed by atoms with Crippen molar-refractivity contribution >= 4 is 59.3 Å². The van der Waals surface area contributed by atoms with Crippen LogP contribution >= 0.6 is 11.3 Å². The molecule has 0 atom stereocenters. The zero-order valence-corrected chi connectivity index (χ0v) is 41.2. The van der Waals surface area contributed by atoms with Gasteiger partial charge in [-0.2, -0.15) is 0 Å². The summed E-state index contributed by atoms with van der Waals surface area (Å²) in [6.45, 7) is 4.82. The van der Waals surface area contributed by atoms with Crippen LogP contribution in [-0.2, 0) is 29.1 Å². The summed E-state index contributed by atoms with van der Waals surface area (Å²) < 4.78 is 2.60. The van der Waals surface area contributed by atoms with Gasteiger partial charge in [-0.1, -0.05) is 178 Å². The molecule has 0 amide bonds. The number of aromatic nitrogens is 2. The minimum atomic E-state index is -0.617. The third-order valence-corrected chi connectivity index (χ3v) is 19.2. The first kappa shape index (κ1) is 40.2. The van der Waals surface area contributed by atoms with E-state index in [1.54, 1.807) is 0 Å². The van der Waals surface area contributed by atoms with Crippen molar-refractivity contribution < 1.29 is 0 Å². The molecule has 5 aliphatic rings. The molecule has 0 fully saturated rings. The highest BCUT2D eigenvalue weighted by Crippen LogP contribution is 2.66. The normalized spacial score (nSPS) is 16.0. The highest BCUT2D eigenvalue weighted by Gasteiger charge is 2.53. The molecule has 9 aromatic carbocycles. The number of anilines is 3. The number of hydrogen-bond donors (Lipinski definition) is 0. The quantitative estimate of drug-likeness (QED) is 0.177. The molecular formula is C69H45N3S. The Morgan fingerprint density at radius 3 is 1.75 bits per heavy atom. The lowest BCUT2D eigenvalue weighted by molar-refractivity contribution is 0.658. The van der Waals surface area contributed by atoms with Crippen LogP contribution in [0.3, 0.4) is 0 Å². The minimum Gasteiger partial charge on any atom is -0.308 e. The van der Waals surface area contributed by atoms with Crippen molar-refractivity contribution in [1.29, 1.82) is 0 Å². The molecule has 0 saturated heterocycles. The van der Waals surface area contributed by atoms with Gasteiger partial charge in [0, 0.05) is 38.8 Å². The Kier molecular flexibility index (Phi) is 7.68. The van der Waals surface area contributed by atoms with Crippen LogP contribution in [0.2, 0.25) is 0 Å². The lowest BCUT2D eigenvalue weighted by Gasteiger charge is -2.47. The van der Waals surface area contributed by atoms with Gasteiger partial charge in [0.25, 0.3) is 0 Å². The topological polar surface area (TPSA) is 29.0 Å². The second-order valence-corrected chi connectivity index (χ2v) is 22.4. The van der Waals surface area contributed by atoms with Gasteiger partial charge >= 0.3 is 0 Å². The molecule has 3 aromatic heterocycles. The average Bonchev–Trinajstić information content (AvgIpc) is 4.20. The number of benzene rings is 9. The Labute approximate surface area is 427 Å². The Morgan fingerprint density at radius 1 is 0.397 bits per heavy atom. The molecule has 73 heavy (non-hydrogen) atoms. The summed E-state index contributed by atoms with van der Waals surface area (Å²) in [5.41, 5.74) is 25.3. The Bertz CT molecular complexity index is 4330. The van der Waals surface area contributed by atoms with E-state index in [1.165, 1.54) is 137 Å². The van der Waals surface area contributed by atoms with E-state index in [-0.39, 0.29) is 5.41 Å². The van der Waals surface area contributed by atoms with Crippen molar-refractivity contribution in [3.8, 4) is 33.6 Å².